The molecule has 0 spiro atoms. The van der Waals surface area contributed by atoms with Gasteiger partial charge in [0.2, 0.25) is 11.8 Å². The minimum atomic E-state index is -0.899. The van der Waals surface area contributed by atoms with E-state index in [0.717, 1.165) is 0 Å². The number of carboxylic acids is 1. The highest BCUT2D eigenvalue weighted by atomic mass is 16.4. The molecule has 0 rings (SSSR count). The minimum absolute atomic E-state index is 0.119. The van der Waals surface area contributed by atoms with Crippen molar-refractivity contribution in [1.82, 2.24) is 10.6 Å². The van der Waals surface area contributed by atoms with Gasteiger partial charge in [0.1, 0.15) is 0 Å². The molecule has 6 heteroatoms. The van der Waals surface area contributed by atoms with Gasteiger partial charge in [-0.1, -0.05) is 13.8 Å². The molecule has 0 fully saturated rings. The van der Waals surface area contributed by atoms with E-state index in [-0.39, 0.29) is 31.3 Å². The first kappa shape index (κ1) is 16.4. The van der Waals surface area contributed by atoms with Gasteiger partial charge in [-0.25, -0.2) is 0 Å². The molecule has 0 heterocycles. The van der Waals surface area contributed by atoms with Gasteiger partial charge in [-0.2, -0.15) is 0 Å². The number of carbonyl (C=O) groups is 3. The predicted octanol–water partition coefficient (Wildman–Crippen LogP) is 0.520. The Morgan fingerprint density at radius 2 is 1.67 bits per heavy atom. The highest BCUT2D eigenvalue weighted by Crippen LogP contribution is 2.25. The Morgan fingerprint density at radius 1 is 1.11 bits per heavy atom. The Kier molecular flexibility index (Phi) is 7.00. The minimum Gasteiger partial charge on any atom is -0.481 e. The number of hydrogen-bond donors (Lipinski definition) is 3. The first-order valence-corrected chi connectivity index (χ1v) is 6.12. The van der Waals surface area contributed by atoms with E-state index < -0.39 is 11.4 Å². The summed E-state index contributed by atoms with van der Waals surface area (Å²) in [6, 6.07) is 0. The SMILES string of the molecule is CCC(CC)(CNC(=O)CCNC(C)=O)C(=O)O. The Balaban J connectivity index is 4.16. The quantitative estimate of drug-likeness (QED) is 0.591. The van der Waals surface area contributed by atoms with E-state index in [0.29, 0.717) is 12.8 Å². The van der Waals surface area contributed by atoms with Crippen molar-refractivity contribution in [2.45, 2.75) is 40.0 Å². The van der Waals surface area contributed by atoms with Crippen molar-refractivity contribution in [2.75, 3.05) is 13.1 Å². The van der Waals surface area contributed by atoms with E-state index in [1.165, 1.54) is 6.92 Å². The Hall–Kier alpha value is -1.59. The smallest absolute Gasteiger partial charge is 0.311 e. The molecule has 0 aliphatic carbocycles. The zero-order chi connectivity index (χ0) is 14.2. The van der Waals surface area contributed by atoms with E-state index in [1.807, 2.05) is 0 Å². The third kappa shape index (κ3) is 5.16. The summed E-state index contributed by atoms with van der Waals surface area (Å²) in [5, 5.41) is 14.3. The molecule has 104 valence electrons. The largest absolute Gasteiger partial charge is 0.481 e. The average molecular weight is 258 g/mol. The van der Waals surface area contributed by atoms with E-state index in [2.05, 4.69) is 10.6 Å². The molecule has 0 saturated heterocycles. The number of carbonyl (C=O) groups excluding carboxylic acids is 2. The fourth-order valence-electron chi connectivity index (χ4n) is 1.59. The van der Waals surface area contributed by atoms with E-state index in [4.69, 9.17) is 0 Å². The lowest BCUT2D eigenvalue weighted by Gasteiger charge is -2.26. The molecule has 0 unspecified atom stereocenters. The third-order valence-electron chi connectivity index (χ3n) is 3.16. The van der Waals surface area contributed by atoms with Crippen molar-refractivity contribution in [3.05, 3.63) is 0 Å². The van der Waals surface area contributed by atoms with E-state index in [9.17, 15) is 19.5 Å². The van der Waals surface area contributed by atoms with Crippen LogP contribution in [0.5, 0.6) is 0 Å². The molecule has 2 amide bonds. The fourth-order valence-corrected chi connectivity index (χ4v) is 1.59. The van der Waals surface area contributed by atoms with Crippen LogP contribution in [0.1, 0.15) is 40.0 Å². The summed E-state index contributed by atoms with van der Waals surface area (Å²) in [6.45, 7) is 5.34. The summed E-state index contributed by atoms with van der Waals surface area (Å²) >= 11 is 0. The van der Waals surface area contributed by atoms with Crippen LogP contribution < -0.4 is 10.6 Å². The number of carboxylic acid groups (broad SMARTS) is 1. The van der Waals surface area contributed by atoms with Gasteiger partial charge in [-0.15, -0.1) is 0 Å². The second kappa shape index (κ2) is 7.68. The zero-order valence-corrected chi connectivity index (χ0v) is 11.2. The molecule has 0 saturated carbocycles. The van der Waals surface area contributed by atoms with Crippen LogP contribution in [0.2, 0.25) is 0 Å². The van der Waals surface area contributed by atoms with Crippen LogP contribution in [0.25, 0.3) is 0 Å². The number of amides is 2. The van der Waals surface area contributed by atoms with Gasteiger partial charge in [-0.3, -0.25) is 14.4 Å². The lowest BCUT2D eigenvalue weighted by atomic mass is 9.82. The zero-order valence-electron chi connectivity index (χ0n) is 11.2. The first-order chi connectivity index (χ1) is 8.38. The van der Waals surface area contributed by atoms with Gasteiger partial charge >= 0.3 is 5.97 Å². The molecule has 0 aromatic heterocycles. The standard InChI is InChI=1S/C12H22N2O4/c1-4-12(5-2,11(17)18)8-14-10(16)6-7-13-9(3)15/h4-8H2,1-3H3,(H,13,15)(H,14,16)(H,17,18). The lowest BCUT2D eigenvalue weighted by Crippen LogP contribution is -2.43. The predicted molar refractivity (Wildman–Crippen MR) is 67.0 cm³/mol. The summed E-state index contributed by atoms with van der Waals surface area (Å²) in [4.78, 5) is 33.3. The van der Waals surface area contributed by atoms with Crippen LogP contribution in [0.3, 0.4) is 0 Å². The third-order valence-corrected chi connectivity index (χ3v) is 3.16. The van der Waals surface area contributed by atoms with Gasteiger partial charge in [-0.05, 0) is 12.8 Å². The van der Waals surface area contributed by atoms with Crippen molar-refractivity contribution in [1.29, 1.82) is 0 Å². The van der Waals surface area contributed by atoms with Crippen LogP contribution in [0.4, 0.5) is 0 Å². The summed E-state index contributed by atoms with van der Waals surface area (Å²) in [5.41, 5.74) is -0.899. The van der Waals surface area contributed by atoms with Crippen LogP contribution in [-0.2, 0) is 14.4 Å². The number of rotatable bonds is 8. The van der Waals surface area contributed by atoms with Crippen LogP contribution >= 0.6 is 0 Å². The molecule has 0 atom stereocenters. The molecule has 0 aliphatic rings. The van der Waals surface area contributed by atoms with Crippen molar-refractivity contribution in [3.8, 4) is 0 Å². The topological polar surface area (TPSA) is 95.5 Å². The normalized spacial score (nSPS) is 10.8. The Labute approximate surface area is 107 Å². The number of aliphatic carboxylic acids is 1. The van der Waals surface area contributed by atoms with Crippen LogP contribution in [0.15, 0.2) is 0 Å². The van der Waals surface area contributed by atoms with Crippen molar-refractivity contribution >= 4 is 17.8 Å². The first-order valence-electron chi connectivity index (χ1n) is 6.12. The molecule has 0 aromatic carbocycles. The van der Waals surface area contributed by atoms with Crippen LogP contribution in [0, 0.1) is 5.41 Å². The summed E-state index contributed by atoms with van der Waals surface area (Å²) in [7, 11) is 0. The van der Waals surface area contributed by atoms with Gasteiger partial charge in [0.25, 0.3) is 0 Å². The van der Waals surface area contributed by atoms with Crippen LogP contribution in [-0.4, -0.2) is 36.0 Å². The fraction of sp³-hybridized carbons (Fsp3) is 0.750. The summed E-state index contributed by atoms with van der Waals surface area (Å²) in [6.07, 6.45) is 1.08. The average Bonchev–Trinajstić information content (AvgIpc) is 2.30. The van der Waals surface area contributed by atoms with Crippen molar-refractivity contribution in [3.63, 3.8) is 0 Å². The molecule has 0 aromatic rings. The van der Waals surface area contributed by atoms with Gasteiger partial charge in [0.15, 0.2) is 0 Å². The molecular formula is C12H22N2O4. The molecule has 18 heavy (non-hydrogen) atoms. The van der Waals surface area contributed by atoms with Crippen molar-refractivity contribution in [2.24, 2.45) is 5.41 Å². The highest BCUT2D eigenvalue weighted by molar-refractivity contribution is 5.80. The second-order valence-corrected chi connectivity index (χ2v) is 4.30. The van der Waals surface area contributed by atoms with Gasteiger partial charge in [0, 0.05) is 26.4 Å². The maximum absolute atomic E-state index is 11.5. The van der Waals surface area contributed by atoms with E-state index in [1.54, 1.807) is 13.8 Å². The molecule has 0 aliphatic heterocycles. The molecule has 0 bridgehead atoms. The Bertz CT molecular complexity index is 311. The molecule has 6 nitrogen and oxygen atoms in total. The van der Waals surface area contributed by atoms with Gasteiger partial charge < -0.3 is 15.7 Å². The molecular weight excluding hydrogens is 236 g/mol. The maximum Gasteiger partial charge on any atom is 0.311 e. The number of hydrogen-bond acceptors (Lipinski definition) is 3. The van der Waals surface area contributed by atoms with Gasteiger partial charge in [0.05, 0.1) is 5.41 Å². The Morgan fingerprint density at radius 3 is 2.06 bits per heavy atom. The maximum atomic E-state index is 11.5. The lowest BCUT2D eigenvalue weighted by molar-refractivity contribution is -0.149. The monoisotopic (exact) mass is 258 g/mol. The van der Waals surface area contributed by atoms with Crippen molar-refractivity contribution < 1.29 is 19.5 Å². The highest BCUT2D eigenvalue weighted by Gasteiger charge is 2.34. The summed E-state index contributed by atoms with van der Waals surface area (Å²) < 4.78 is 0. The van der Waals surface area contributed by atoms with E-state index >= 15 is 0 Å². The molecule has 0 radical (unpaired) electrons. The second-order valence-electron chi connectivity index (χ2n) is 4.30. The molecule has 3 N–H and O–H groups in total. The summed E-state index contributed by atoms with van der Waals surface area (Å²) in [5.74, 6) is -1.34. The number of nitrogens with one attached hydrogen (secondary N) is 2.